The Balaban J connectivity index is 1.81. The Morgan fingerprint density at radius 1 is 1.32 bits per heavy atom. The van der Waals surface area contributed by atoms with Gasteiger partial charge in [-0.1, -0.05) is 18.2 Å². The fourth-order valence-corrected chi connectivity index (χ4v) is 2.51. The maximum atomic E-state index is 12.2. The van der Waals surface area contributed by atoms with E-state index in [1.165, 1.54) is 0 Å². The molecule has 1 amide bonds. The summed E-state index contributed by atoms with van der Waals surface area (Å²) in [5, 5.41) is 3.69. The van der Waals surface area contributed by atoms with Crippen molar-refractivity contribution < 1.29 is 4.79 Å². The molecule has 3 rings (SSSR count). The van der Waals surface area contributed by atoms with E-state index in [0.29, 0.717) is 5.69 Å². The Kier molecular flexibility index (Phi) is 3.50. The fourth-order valence-electron chi connectivity index (χ4n) is 2.51. The first-order valence-electron chi connectivity index (χ1n) is 6.96. The average molecular weight is 296 g/mol. The summed E-state index contributed by atoms with van der Waals surface area (Å²) >= 11 is 0. The van der Waals surface area contributed by atoms with E-state index in [1.807, 2.05) is 31.3 Å². The van der Waals surface area contributed by atoms with Crippen molar-refractivity contribution in [2.45, 2.75) is 20.3 Å². The smallest absolute Gasteiger partial charge is 0.347 e. The third-order valence-corrected chi connectivity index (χ3v) is 3.51. The van der Waals surface area contributed by atoms with Gasteiger partial charge in [0.15, 0.2) is 0 Å². The Labute approximate surface area is 126 Å². The zero-order valence-electron chi connectivity index (χ0n) is 12.4. The lowest BCUT2D eigenvalue weighted by Crippen LogP contribution is -2.20. The number of rotatable bonds is 3. The number of nitrogens with zero attached hydrogens (tertiary/aromatic N) is 1. The topological polar surface area (TPSA) is 90.6 Å². The SMILES string of the molecule is Cc1cc(NC(=O)Cc2c[nH]c3c(C)cccc23)nc(=O)[nH]1. The lowest BCUT2D eigenvalue weighted by atomic mass is 10.1. The molecule has 0 atom stereocenters. The van der Waals surface area contributed by atoms with Crippen LogP contribution in [0, 0.1) is 13.8 Å². The van der Waals surface area contributed by atoms with Crippen molar-refractivity contribution >= 4 is 22.6 Å². The van der Waals surface area contributed by atoms with Crippen molar-refractivity contribution in [1.29, 1.82) is 0 Å². The minimum Gasteiger partial charge on any atom is -0.361 e. The third-order valence-electron chi connectivity index (χ3n) is 3.51. The van der Waals surface area contributed by atoms with Crippen LogP contribution >= 0.6 is 0 Å². The van der Waals surface area contributed by atoms with Gasteiger partial charge in [0, 0.05) is 28.9 Å². The van der Waals surface area contributed by atoms with E-state index in [9.17, 15) is 9.59 Å². The number of H-pyrrole nitrogens is 2. The standard InChI is InChI=1S/C16H16N4O2/c1-9-4-3-5-12-11(8-17-15(9)12)7-14(21)19-13-6-10(2)18-16(22)20-13/h3-6,8,17H,7H2,1-2H3,(H2,18,19,20,21,22). The molecule has 0 aliphatic heterocycles. The van der Waals surface area contributed by atoms with Crippen LogP contribution in [0.5, 0.6) is 0 Å². The molecule has 2 aromatic heterocycles. The number of para-hydroxylation sites is 1. The summed E-state index contributed by atoms with van der Waals surface area (Å²) in [4.78, 5) is 32.9. The molecule has 0 saturated carbocycles. The number of aromatic nitrogens is 3. The molecule has 0 fully saturated rings. The molecule has 0 aliphatic rings. The van der Waals surface area contributed by atoms with Gasteiger partial charge in [-0.2, -0.15) is 4.98 Å². The van der Waals surface area contributed by atoms with Gasteiger partial charge in [0.1, 0.15) is 5.82 Å². The summed E-state index contributed by atoms with van der Waals surface area (Å²) in [5.41, 5.74) is 3.26. The number of benzene rings is 1. The number of carbonyl (C=O) groups excluding carboxylic acids is 1. The molecule has 6 heteroatoms. The van der Waals surface area contributed by atoms with Crippen LogP contribution in [0.25, 0.3) is 10.9 Å². The molecule has 0 spiro atoms. The molecule has 1 aromatic carbocycles. The highest BCUT2D eigenvalue weighted by Crippen LogP contribution is 2.21. The Hall–Kier alpha value is -2.89. The number of anilines is 1. The zero-order chi connectivity index (χ0) is 15.7. The van der Waals surface area contributed by atoms with Crippen LogP contribution in [-0.2, 0) is 11.2 Å². The second-order valence-electron chi connectivity index (χ2n) is 5.29. The highest BCUT2D eigenvalue weighted by atomic mass is 16.2. The van der Waals surface area contributed by atoms with Gasteiger partial charge in [-0.05, 0) is 25.0 Å². The molecule has 3 aromatic rings. The largest absolute Gasteiger partial charge is 0.361 e. The monoisotopic (exact) mass is 296 g/mol. The number of hydrogen-bond donors (Lipinski definition) is 3. The molecule has 2 heterocycles. The van der Waals surface area contributed by atoms with E-state index in [-0.39, 0.29) is 18.1 Å². The van der Waals surface area contributed by atoms with Crippen LogP contribution in [0.3, 0.4) is 0 Å². The van der Waals surface area contributed by atoms with Crippen molar-refractivity contribution in [3.63, 3.8) is 0 Å². The molecule has 0 saturated heterocycles. The van der Waals surface area contributed by atoms with Crippen LogP contribution in [-0.4, -0.2) is 20.9 Å². The minimum absolute atomic E-state index is 0.208. The second-order valence-corrected chi connectivity index (χ2v) is 5.29. The summed E-state index contributed by atoms with van der Waals surface area (Å²) in [6.45, 7) is 3.76. The highest BCUT2D eigenvalue weighted by molar-refractivity contribution is 5.95. The van der Waals surface area contributed by atoms with Gasteiger partial charge < -0.3 is 15.3 Å². The number of fused-ring (bicyclic) bond motifs is 1. The highest BCUT2D eigenvalue weighted by Gasteiger charge is 2.11. The van der Waals surface area contributed by atoms with Crippen molar-refractivity contribution in [2.24, 2.45) is 0 Å². The molecule has 112 valence electrons. The number of aryl methyl sites for hydroxylation is 2. The van der Waals surface area contributed by atoms with Gasteiger partial charge in [0.2, 0.25) is 5.91 Å². The van der Waals surface area contributed by atoms with Crippen LogP contribution in [0.15, 0.2) is 35.3 Å². The maximum Gasteiger partial charge on any atom is 0.347 e. The van der Waals surface area contributed by atoms with Gasteiger partial charge in [-0.25, -0.2) is 4.79 Å². The Morgan fingerprint density at radius 3 is 2.91 bits per heavy atom. The van der Waals surface area contributed by atoms with Gasteiger partial charge >= 0.3 is 5.69 Å². The van der Waals surface area contributed by atoms with Crippen LogP contribution in [0.2, 0.25) is 0 Å². The number of hydrogen-bond acceptors (Lipinski definition) is 3. The molecule has 22 heavy (non-hydrogen) atoms. The minimum atomic E-state index is -0.474. The van der Waals surface area contributed by atoms with Gasteiger partial charge in [0.25, 0.3) is 0 Å². The first-order valence-corrected chi connectivity index (χ1v) is 6.96. The van der Waals surface area contributed by atoms with Crippen LogP contribution in [0.1, 0.15) is 16.8 Å². The summed E-state index contributed by atoms with van der Waals surface area (Å²) in [6.07, 6.45) is 2.06. The van der Waals surface area contributed by atoms with E-state index >= 15 is 0 Å². The van der Waals surface area contributed by atoms with Crippen molar-refractivity contribution in [3.8, 4) is 0 Å². The molecule has 0 unspecified atom stereocenters. The lowest BCUT2D eigenvalue weighted by molar-refractivity contribution is -0.115. The number of carbonyl (C=O) groups is 1. The average Bonchev–Trinajstić information content (AvgIpc) is 2.82. The predicted octanol–water partition coefficient (Wildman–Crippen LogP) is 2.05. The summed E-state index contributed by atoms with van der Waals surface area (Å²) in [5.74, 6) is 0.0576. The molecular weight excluding hydrogens is 280 g/mol. The molecule has 0 radical (unpaired) electrons. The van der Waals surface area contributed by atoms with Gasteiger partial charge in [-0.3, -0.25) is 4.79 Å². The normalized spacial score (nSPS) is 10.8. The summed E-state index contributed by atoms with van der Waals surface area (Å²) in [6, 6.07) is 7.59. The molecule has 3 N–H and O–H groups in total. The number of aromatic amines is 2. The Bertz CT molecular complexity index is 908. The van der Waals surface area contributed by atoms with Gasteiger partial charge in [0.05, 0.1) is 6.42 Å². The van der Waals surface area contributed by atoms with E-state index in [1.54, 1.807) is 13.0 Å². The van der Waals surface area contributed by atoms with Gasteiger partial charge in [-0.15, -0.1) is 0 Å². The fraction of sp³-hybridized carbons (Fsp3) is 0.188. The third kappa shape index (κ3) is 2.76. The summed E-state index contributed by atoms with van der Waals surface area (Å²) < 4.78 is 0. The quantitative estimate of drug-likeness (QED) is 0.691. The molecule has 0 bridgehead atoms. The van der Waals surface area contributed by atoms with Crippen molar-refractivity contribution in [2.75, 3.05) is 5.32 Å². The molecule has 0 aliphatic carbocycles. The number of nitrogens with one attached hydrogen (secondary N) is 3. The molecule has 6 nitrogen and oxygen atoms in total. The molecular formula is C16H16N4O2. The van der Waals surface area contributed by atoms with E-state index in [4.69, 9.17) is 0 Å². The summed E-state index contributed by atoms with van der Waals surface area (Å²) in [7, 11) is 0. The first kappa shape index (κ1) is 14.1. The van der Waals surface area contributed by atoms with E-state index in [0.717, 1.165) is 22.0 Å². The number of amides is 1. The van der Waals surface area contributed by atoms with E-state index in [2.05, 4.69) is 20.3 Å². The first-order chi connectivity index (χ1) is 10.5. The zero-order valence-corrected chi connectivity index (χ0v) is 12.4. The lowest BCUT2D eigenvalue weighted by Gasteiger charge is -2.04. The predicted molar refractivity (Wildman–Crippen MR) is 85.0 cm³/mol. The second kappa shape index (κ2) is 5.48. The van der Waals surface area contributed by atoms with Crippen LogP contribution in [0.4, 0.5) is 5.82 Å². The van der Waals surface area contributed by atoms with Crippen molar-refractivity contribution in [1.82, 2.24) is 15.0 Å². The van der Waals surface area contributed by atoms with Crippen LogP contribution < -0.4 is 11.0 Å². The Morgan fingerprint density at radius 2 is 2.14 bits per heavy atom. The van der Waals surface area contributed by atoms with E-state index < -0.39 is 5.69 Å². The maximum absolute atomic E-state index is 12.2. The van der Waals surface area contributed by atoms with Crippen molar-refractivity contribution in [3.05, 3.63) is 57.8 Å².